The van der Waals surface area contributed by atoms with Crippen molar-refractivity contribution in [1.82, 2.24) is 0 Å². The molecular weight excluding hydrogens is 321 g/mol. The van der Waals surface area contributed by atoms with Gasteiger partial charge in [-0.15, -0.1) is 0 Å². The fourth-order valence-corrected chi connectivity index (χ4v) is 2.29. The molecule has 0 aliphatic heterocycles. The predicted octanol–water partition coefficient (Wildman–Crippen LogP) is 4.25. The summed E-state index contributed by atoms with van der Waals surface area (Å²) in [6.07, 6.45) is -4.81. The Morgan fingerprint density at radius 1 is 0.842 bits per heavy atom. The van der Waals surface area contributed by atoms with Crippen molar-refractivity contribution in [2.45, 2.75) is 11.8 Å². The van der Waals surface area contributed by atoms with Crippen LogP contribution < -0.4 is 0 Å². The molecule has 0 aromatic heterocycles. The number of rotatable bonds is 2. The highest BCUT2D eigenvalue weighted by molar-refractivity contribution is 9.10. The van der Waals surface area contributed by atoms with E-state index in [1.54, 1.807) is 12.1 Å². The molecule has 1 nitrogen and oxygen atoms in total. The highest BCUT2D eigenvalue weighted by Gasteiger charge is 2.56. The van der Waals surface area contributed by atoms with Gasteiger partial charge in [-0.05, 0) is 23.3 Å². The summed E-state index contributed by atoms with van der Waals surface area (Å²) in [5, 5.41) is 10.3. The van der Waals surface area contributed by atoms with E-state index in [-0.39, 0.29) is 11.1 Å². The lowest BCUT2D eigenvalue weighted by atomic mass is 9.86. The molecule has 0 aliphatic carbocycles. The molecule has 2 aromatic carbocycles. The van der Waals surface area contributed by atoms with E-state index < -0.39 is 11.8 Å². The summed E-state index contributed by atoms with van der Waals surface area (Å²) in [7, 11) is 0. The van der Waals surface area contributed by atoms with Crippen LogP contribution in [0.5, 0.6) is 0 Å². The van der Waals surface area contributed by atoms with Crippen molar-refractivity contribution in [1.29, 1.82) is 0 Å². The van der Waals surface area contributed by atoms with Crippen molar-refractivity contribution in [3.05, 3.63) is 70.2 Å². The van der Waals surface area contributed by atoms with Gasteiger partial charge in [0.05, 0.1) is 0 Å². The molecule has 0 heterocycles. The standard InChI is InChI=1S/C14H10BrF3O/c15-12-8-4-7-11(9-12)13(19,14(16,17)18)10-5-2-1-3-6-10/h1-9,19H. The van der Waals surface area contributed by atoms with Crippen LogP contribution in [0, 0.1) is 0 Å². The van der Waals surface area contributed by atoms with E-state index in [0.717, 1.165) is 0 Å². The zero-order valence-electron chi connectivity index (χ0n) is 9.66. The Bertz CT molecular complexity index is 568. The molecule has 0 amide bonds. The summed E-state index contributed by atoms with van der Waals surface area (Å²) in [5.41, 5.74) is -3.45. The molecule has 0 aliphatic rings. The zero-order valence-corrected chi connectivity index (χ0v) is 11.2. The maximum Gasteiger partial charge on any atom is 0.425 e. The van der Waals surface area contributed by atoms with Gasteiger partial charge in [-0.1, -0.05) is 58.4 Å². The summed E-state index contributed by atoms with van der Waals surface area (Å²) in [5.74, 6) is 0. The Hall–Kier alpha value is -1.33. The molecule has 0 radical (unpaired) electrons. The van der Waals surface area contributed by atoms with Crippen molar-refractivity contribution in [3.8, 4) is 0 Å². The first-order valence-electron chi connectivity index (χ1n) is 5.46. The molecule has 2 aromatic rings. The van der Waals surface area contributed by atoms with Crippen LogP contribution in [-0.2, 0) is 5.60 Å². The van der Waals surface area contributed by atoms with E-state index in [9.17, 15) is 18.3 Å². The van der Waals surface area contributed by atoms with Crippen LogP contribution in [0.3, 0.4) is 0 Å². The van der Waals surface area contributed by atoms with Crippen molar-refractivity contribution >= 4 is 15.9 Å². The number of hydrogen-bond donors (Lipinski definition) is 1. The van der Waals surface area contributed by atoms with Crippen LogP contribution >= 0.6 is 15.9 Å². The third kappa shape index (κ3) is 2.53. The quantitative estimate of drug-likeness (QED) is 0.872. The largest absolute Gasteiger partial charge is 0.425 e. The van der Waals surface area contributed by atoms with Gasteiger partial charge >= 0.3 is 6.18 Å². The second kappa shape index (κ2) is 4.98. The third-order valence-corrected chi connectivity index (χ3v) is 3.34. The van der Waals surface area contributed by atoms with Gasteiger partial charge in [-0.2, -0.15) is 13.2 Å². The van der Waals surface area contributed by atoms with Crippen molar-refractivity contribution < 1.29 is 18.3 Å². The minimum Gasteiger partial charge on any atom is -0.372 e. The van der Waals surface area contributed by atoms with Crippen LogP contribution in [0.15, 0.2) is 59.1 Å². The van der Waals surface area contributed by atoms with Crippen LogP contribution in [-0.4, -0.2) is 11.3 Å². The summed E-state index contributed by atoms with van der Waals surface area (Å²) in [6.45, 7) is 0. The molecule has 5 heteroatoms. The molecule has 0 spiro atoms. The third-order valence-electron chi connectivity index (χ3n) is 2.84. The van der Waals surface area contributed by atoms with Gasteiger partial charge < -0.3 is 5.11 Å². The molecular formula is C14H10BrF3O. The van der Waals surface area contributed by atoms with Crippen LogP contribution in [0.2, 0.25) is 0 Å². The van der Waals surface area contributed by atoms with Crippen LogP contribution in [0.25, 0.3) is 0 Å². The number of hydrogen-bond acceptors (Lipinski definition) is 1. The van der Waals surface area contributed by atoms with E-state index in [1.807, 2.05) is 0 Å². The first-order valence-corrected chi connectivity index (χ1v) is 6.25. The molecule has 100 valence electrons. The van der Waals surface area contributed by atoms with Crippen molar-refractivity contribution in [2.75, 3.05) is 0 Å². The first kappa shape index (κ1) is 14.1. The van der Waals surface area contributed by atoms with Crippen molar-refractivity contribution in [2.24, 2.45) is 0 Å². The van der Waals surface area contributed by atoms with Gasteiger partial charge in [-0.25, -0.2) is 0 Å². The van der Waals surface area contributed by atoms with Crippen molar-refractivity contribution in [3.63, 3.8) is 0 Å². The maximum absolute atomic E-state index is 13.3. The smallest absolute Gasteiger partial charge is 0.372 e. The Labute approximate surface area is 116 Å². The predicted molar refractivity (Wildman–Crippen MR) is 69.6 cm³/mol. The monoisotopic (exact) mass is 330 g/mol. The van der Waals surface area contributed by atoms with E-state index in [0.29, 0.717) is 4.47 Å². The van der Waals surface area contributed by atoms with Gasteiger partial charge in [0.25, 0.3) is 0 Å². The normalized spacial score (nSPS) is 15.0. The highest BCUT2D eigenvalue weighted by Crippen LogP contribution is 2.44. The summed E-state index contributed by atoms with van der Waals surface area (Å²) < 4.78 is 40.5. The molecule has 1 unspecified atom stereocenters. The second-order valence-corrected chi connectivity index (χ2v) is 5.00. The Morgan fingerprint density at radius 2 is 1.42 bits per heavy atom. The van der Waals surface area contributed by atoms with Gasteiger partial charge in [0, 0.05) is 4.47 Å². The lowest BCUT2D eigenvalue weighted by Gasteiger charge is -2.31. The van der Waals surface area contributed by atoms with E-state index in [2.05, 4.69) is 15.9 Å². The second-order valence-electron chi connectivity index (χ2n) is 4.08. The van der Waals surface area contributed by atoms with Gasteiger partial charge in [0.2, 0.25) is 5.60 Å². The number of halogens is 4. The molecule has 2 rings (SSSR count). The number of alkyl halides is 3. The molecule has 1 atom stereocenters. The van der Waals surface area contributed by atoms with Crippen LogP contribution in [0.1, 0.15) is 11.1 Å². The van der Waals surface area contributed by atoms with E-state index >= 15 is 0 Å². The average molecular weight is 331 g/mol. The van der Waals surface area contributed by atoms with E-state index in [4.69, 9.17) is 0 Å². The minimum atomic E-state index is -4.81. The first-order chi connectivity index (χ1) is 8.85. The maximum atomic E-state index is 13.3. The summed E-state index contributed by atoms with van der Waals surface area (Å²) >= 11 is 3.12. The molecule has 1 N–H and O–H groups in total. The number of benzene rings is 2. The molecule has 0 saturated heterocycles. The van der Waals surface area contributed by atoms with Gasteiger partial charge in [0.15, 0.2) is 0 Å². The fraction of sp³-hybridized carbons (Fsp3) is 0.143. The lowest BCUT2D eigenvalue weighted by Crippen LogP contribution is -2.43. The minimum absolute atomic E-state index is 0.208. The zero-order chi connectivity index (χ0) is 14.1. The average Bonchev–Trinajstić information content (AvgIpc) is 2.37. The Balaban J connectivity index is 2.66. The SMILES string of the molecule is OC(c1ccccc1)(c1cccc(Br)c1)C(F)(F)F. The van der Waals surface area contributed by atoms with Crippen LogP contribution in [0.4, 0.5) is 13.2 Å². The molecule has 0 fully saturated rings. The molecule has 0 bridgehead atoms. The van der Waals surface area contributed by atoms with Gasteiger partial charge in [-0.3, -0.25) is 0 Å². The van der Waals surface area contributed by atoms with Gasteiger partial charge in [0.1, 0.15) is 0 Å². The summed E-state index contributed by atoms with van der Waals surface area (Å²) in [4.78, 5) is 0. The number of aliphatic hydroxyl groups is 1. The Kier molecular flexibility index (Phi) is 3.69. The topological polar surface area (TPSA) is 20.2 Å². The fourth-order valence-electron chi connectivity index (χ4n) is 1.89. The Morgan fingerprint density at radius 3 is 1.95 bits per heavy atom. The highest BCUT2D eigenvalue weighted by atomic mass is 79.9. The molecule has 0 saturated carbocycles. The molecule has 19 heavy (non-hydrogen) atoms. The summed E-state index contributed by atoms with van der Waals surface area (Å²) in [6, 6.07) is 12.6. The van der Waals surface area contributed by atoms with E-state index in [1.165, 1.54) is 42.5 Å². The lowest BCUT2D eigenvalue weighted by molar-refractivity contribution is -0.248.